The molecule has 1 aromatic rings. The van der Waals surface area contributed by atoms with Gasteiger partial charge in [-0.05, 0) is 43.7 Å². The van der Waals surface area contributed by atoms with E-state index < -0.39 is 14.9 Å². The second-order valence-electron chi connectivity index (χ2n) is 7.36. The van der Waals surface area contributed by atoms with Crippen molar-refractivity contribution >= 4 is 27.4 Å². The molecule has 162 valence electrons. The summed E-state index contributed by atoms with van der Waals surface area (Å²) in [6, 6.07) is 4.00. The van der Waals surface area contributed by atoms with Crippen LogP contribution < -0.4 is 5.32 Å². The number of unbranched alkanes of at least 4 members (excludes halogenated alkanes) is 2. The Labute approximate surface area is 171 Å². The molecule has 1 aliphatic heterocycles. The minimum Gasteiger partial charge on any atom is -0.469 e. The Morgan fingerprint density at radius 1 is 1.34 bits per heavy atom. The lowest BCUT2D eigenvalue weighted by atomic mass is 10.0. The standard InChI is InChI=1S/C19H29N3O6S/c1-15-7-6-12-21(14-15)29(26,27)16-9-10-17(18(13-16)22(24)25)20-11-5-3-4-8-19(23)28-2/h9-10,13,15,20H,3-8,11-12,14H2,1-2H3/t15-/m0/s1. The number of benzene rings is 1. The van der Waals surface area contributed by atoms with Gasteiger partial charge < -0.3 is 10.1 Å². The number of nitro benzene ring substituents is 1. The molecule has 29 heavy (non-hydrogen) atoms. The molecule has 0 unspecified atom stereocenters. The van der Waals surface area contributed by atoms with E-state index in [4.69, 9.17) is 0 Å². The Balaban J connectivity index is 2.03. The summed E-state index contributed by atoms with van der Waals surface area (Å²) in [4.78, 5) is 21.9. The second kappa shape index (κ2) is 10.5. The molecule has 0 aliphatic carbocycles. The molecular formula is C19H29N3O6S. The third kappa shape index (κ3) is 6.40. The lowest BCUT2D eigenvalue weighted by Gasteiger charge is -2.30. The molecule has 1 N–H and O–H groups in total. The van der Waals surface area contributed by atoms with E-state index in [0.29, 0.717) is 32.5 Å². The molecule has 10 heteroatoms. The number of piperidine rings is 1. The van der Waals surface area contributed by atoms with Crippen LogP contribution in [0.25, 0.3) is 0 Å². The van der Waals surface area contributed by atoms with Gasteiger partial charge in [0, 0.05) is 32.1 Å². The number of rotatable bonds is 10. The lowest BCUT2D eigenvalue weighted by Crippen LogP contribution is -2.39. The zero-order valence-corrected chi connectivity index (χ0v) is 17.7. The van der Waals surface area contributed by atoms with E-state index in [1.54, 1.807) is 0 Å². The normalized spacial score (nSPS) is 17.7. The van der Waals surface area contributed by atoms with Crippen LogP contribution in [0.2, 0.25) is 0 Å². The number of carbonyl (C=O) groups is 1. The van der Waals surface area contributed by atoms with E-state index in [9.17, 15) is 23.3 Å². The van der Waals surface area contributed by atoms with Gasteiger partial charge in [0.2, 0.25) is 10.0 Å². The Bertz CT molecular complexity index is 827. The third-order valence-corrected chi connectivity index (χ3v) is 6.89. The number of hydrogen-bond acceptors (Lipinski definition) is 7. The molecule has 1 heterocycles. The van der Waals surface area contributed by atoms with E-state index >= 15 is 0 Å². The summed E-state index contributed by atoms with van der Waals surface area (Å²) in [7, 11) is -2.41. The summed E-state index contributed by atoms with van der Waals surface area (Å²) in [5.74, 6) is 0.0159. The maximum absolute atomic E-state index is 12.9. The zero-order valence-electron chi connectivity index (χ0n) is 16.9. The number of ether oxygens (including phenoxy) is 1. The molecule has 1 fully saturated rings. The summed E-state index contributed by atoms with van der Waals surface area (Å²) in [6.45, 7) is 3.35. The van der Waals surface area contributed by atoms with E-state index in [-0.39, 0.29) is 28.2 Å². The molecule has 0 aromatic heterocycles. The smallest absolute Gasteiger partial charge is 0.305 e. The first kappa shape index (κ1) is 23.1. The largest absolute Gasteiger partial charge is 0.469 e. The van der Waals surface area contributed by atoms with Gasteiger partial charge in [-0.25, -0.2) is 8.42 Å². The minimum absolute atomic E-state index is 0.0538. The van der Waals surface area contributed by atoms with Gasteiger partial charge in [-0.2, -0.15) is 4.31 Å². The predicted octanol–water partition coefficient (Wildman–Crippen LogP) is 3.16. The number of nitro groups is 1. The predicted molar refractivity (Wildman–Crippen MR) is 109 cm³/mol. The number of methoxy groups -OCH3 is 1. The average molecular weight is 428 g/mol. The summed E-state index contributed by atoms with van der Waals surface area (Å²) in [6.07, 6.45) is 4.29. The topological polar surface area (TPSA) is 119 Å². The number of hydrogen-bond donors (Lipinski definition) is 1. The molecule has 1 aromatic carbocycles. The molecule has 2 rings (SSSR count). The van der Waals surface area contributed by atoms with Gasteiger partial charge in [0.1, 0.15) is 5.69 Å². The molecule has 0 amide bonds. The Hall–Kier alpha value is -2.20. The van der Waals surface area contributed by atoms with Crippen molar-refractivity contribution in [1.82, 2.24) is 4.31 Å². The number of carbonyl (C=O) groups excluding carboxylic acids is 1. The first-order valence-electron chi connectivity index (χ1n) is 9.85. The fourth-order valence-electron chi connectivity index (χ4n) is 3.38. The highest BCUT2D eigenvalue weighted by Gasteiger charge is 2.30. The Kier molecular flexibility index (Phi) is 8.39. The van der Waals surface area contributed by atoms with Gasteiger partial charge in [-0.15, -0.1) is 0 Å². The molecule has 1 saturated heterocycles. The van der Waals surface area contributed by atoms with E-state index in [2.05, 4.69) is 10.1 Å². The van der Waals surface area contributed by atoms with Gasteiger partial charge in [-0.1, -0.05) is 13.3 Å². The van der Waals surface area contributed by atoms with Gasteiger partial charge in [0.25, 0.3) is 5.69 Å². The first-order chi connectivity index (χ1) is 13.8. The zero-order chi connectivity index (χ0) is 21.4. The number of nitrogens with zero attached hydrogens (tertiary/aromatic N) is 2. The van der Waals surface area contributed by atoms with Gasteiger partial charge in [-0.3, -0.25) is 14.9 Å². The van der Waals surface area contributed by atoms with Crippen molar-refractivity contribution < 1.29 is 22.9 Å². The fourth-order valence-corrected chi connectivity index (χ4v) is 5.00. The minimum atomic E-state index is -3.75. The van der Waals surface area contributed by atoms with Crippen molar-refractivity contribution in [3.8, 4) is 0 Å². The molecule has 9 nitrogen and oxygen atoms in total. The van der Waals surface area contributed by atoms with Crippen molar-refractivity contribution in [2.75, 3.05) is 32.1 Å². The van der Waals surface area contributed by atoms with Gasteiger partial charge in [0.05, 0.1) is 16.9 Å². The van der Waals surface area contributed by atoms with Crippen LogP contribution in [0.15, 0.2) is 23.1 Å². The van der Waals surface area contributed by atoms with Gasteiger partial charge >= 0.3 is 5.97 Å². The van der Waals surface area contributed by atoms with E-state index in [1.165, 1.54) is 23.5 Å². The highest BCUT2D eigenvalue weighted by molar-refractivity contribution is 7.89. The SMILES string of the molecule is COC(=O)CCCCCNc1ccc(S(=O)(=O)N2CCC[C@H](C)C2)cc1[N+](=O)[O-]. The molecule has 0 radical (unpaired) electrons. The summed E-state index contributed by atoms with van der Waals surface area (Å²) in [5, 5.41) is 14.5. The number of sulfonamides is 1. The van der Waals surface area contributed by atoms with Crippen LogP contribution in [0.1, 0.15) is 45.4 Å². The monoisotopic (exact) mass is 427 g/mol. The first-order valence-corrected chi connectivity index (χ1v) is 11.3. The molecule has 0 saturated carbocycles. The van der Waals surface area contributed by atoms with Crippen LogP contribution in [-0.4, -0.2) is 50.4 Å². The van der Waals surface area contributed by atoms with Crippen LogP contribution >= 0.6 is 0 Å². The maximum atomic E-state index is 12.9. The van der Waals surface area contributed by atoms with E-state index in [0.717, 1.165) is 31.7 Å². The van der Waals surface area contributed by atoms with Gasteiger partial charge in [0.15, 0.2) is 0 Å². The van der Waals surface area contributed by atoms with Crippen LogP contribution in [0, 0.1) is 16.0 Å². The number of nitrogens with one attached hydrogen (secondary N) is 1. The second-order valence-corrected chi connectivity index (χ2v) is 9.30. The molecule has 0 bridgehead atoms. The Morgan fingerprint density at radius 2 is 2.10 bits per heavy atom. The number of anilines is 1. The summed E-state index contributed by atoms with van der Waals surface area (Å²) < 4.78 is 31.7. The summed E-state index contributed by atoms with van der Waals surface area (Å²) in [5.41, 5.74) is 0.0274. The van der Waals surface area contributed by atoms with Crippen molar-refractivity contribution in [1.29, 1.82) is 0 Å². The molecule has 0 spiro atoms. The molecule has 1 aliphatic rings. The quantitative estimate of drug-likeness (QED) is 0.264. The highest BCUT2D eigenvalue weighted by atomic mass is 32.2. The van der Waals surface area contributed by atoms with Crippen molar-refractivity contribution in [3.05, 3.63) is 28.3 Å². The molecule has 1 atom stereocenters. The summed E-state index contributed by atoms with van der Waals surface area (Å²) >= 11 is 0. The fraction of sp³-hybridized carbons (Fsp3) is 0.632. The van der Waals surface area contributed by atoms with Crippen LogP contribution in [-0.2, 0) is 19.6 Å². The van der Waals surface area contributed by atoms with Crippen molar-refractivity contribution in [2.45, 2.75) is 50.3 Å². The average Bonchev–Trinajstić information content (AvgIpc) is 2.70. The van der Waals surface area contributed by atoms with Crippen LogP contribution in [0.4, 0.5) is 11.4 Å². The van der Waals surface area contributed by atoms with E-state index in [1.807, 2.05) is 6.92 Å². The Morgan fingerprint density at radius 3 is 2.76 bits per heavy atom. The number of esters is 1. The van der Waals surface area contributed by atoms with Crippen LogP contribution in [0.3, 0.4) is 0 Å². The maximum Gasteiger partial charge on any atom is 0.305 e. The van der Waals surface area contributed by atoms with Crippen molar-refractivity contribution in [2.24, 2.45) is 5.92 Å². The van der Waals surface area contributed by atoms with Crippen molar-refractivity contribution in [3.63, 3.8) is 0 Å². The van der Waals surface area contributed by atoms with Crippen LogP contribution in [0.5, 0.6) is 0 Å². The highest BCUT2D eigenvalue weighted by Crippen LogP contribution is 2.30. The third-order valence-electron chi connectivity index (χ3n) is 5.02. The molecular weight excluding hydrogens is 398 g/mol. The lowest BCUT2D eigenvalue weighted by molar-refractivity contribution is -0.384.